The number of nitrogens with zero attached hydrogens (tertiary/aromatic N) is 2. The van der Waals surface area contributed by atoms with E-state index in [0.29, 0.717) is 18.4 Å². The molecule has 1 aliphatic carbocycles. The fourth-order valence-electron chi connectivity index (χ4n) is 4.08. The molecular weight excluding hydrogens is 320 g/mol. The molecule has 1 heterocycles. The Morgan fingerprint density at radius 3 is 2.19 bits per heavy atom. The van der Waals surface area contributed by atoms with Crippen LogP contribution in [0.3, 0.4) is 0 Å². The number of carbonyl (C=O) groups excluding carboxylic acids is 1. The van der Waals surface area contributed by atoms with E-state index in [9.17, 15) is 4.79 Å². The van der Waals surface area contributed by atoms with Gasteiger partial charge in [-0.3, -0.25) is 9.69 Å². The van der Waals surface area contributed by atoms with Crippen LogP contribution in [0.25, 0.3) is 0 Å². The minimum atomic E-state index is 0.301. The molecule has 3 nitrogen and oxygen atoms in total. The van der Waals surface area contributed by atoms with Crippen LogP contribution in [0, 0.1) is 0 Å². The molecule has 0 bridgehead atoms. The molecule has 26 heavy (non-hydrogen) atoms. The number of hydrogen-bond donors (Lipinski definition) is 0. The largest absolute Gasteiger partial charge is 0.337 e. The van der Waals surface area contributed by atoms with Crippen LogP contribution in [0.2, 0.25) is 0 Å². The van der Waals surface area contributed by atoms with E-state index < -0.39 is 0 Å². The van der Waals surface area contributed by atoms with Crippen molar-refractivity contribution in [3.8, 4) is 0 Å². The van der Waals surface area contributed by atoms with Crippen LogP contribution < -0.4 is 0 Å². The smallest absolute Gasteiger partial charge is 0.223 e. The Morgan fingerprint density at radius 1 is 0.885 bits per heavy atom. The van der Waals surface area contributed by atoms with Gasteiger partial charge in [-0.1, -0.05) is 60.7 Å². The SMILES string of the molecule is O=C(CCc1ccccc1)N1CCN(C2CC2)CC1Cc1ccccc1. The van der Waals surface area contributed by atoms with Gasteiger partial charge >= 0.3 is 0 Å². The highest BCUT2D eigenvalue weighted by Crippen LogP contribution is 2.29. The molecule has 1 saturated carbocycles. The Morgan fingerprint density at radius 2 is 1.54 bits per heavy atom. The summed E-state index contributed by atoms with van der Waals surface area (Å²) >= 11 is 0. The molecule has 0 radical (unpaired) electrons. The van der Waals surface area contributed by atoms with Crippen LogP contribution in [0.5, 0.6) is 0 Å². The van der Waals surface area contributed by atoms with Crippen molar-refractivity contribution < 1.29 is 4.79 Å². The van der Waals surface area contributed by atoms with E-state index in [1.807, 2.05) is 18.2 Å². The number of benzene rings is 2. The summed E-state index contributed by atoms with van der Waals surface area (Å²) in [4.78, 5) is 17.7. The first-order chi connectivity index (χ1) is 12.8. The lowest BCUT2D eigenvalue weighted by molar-refractivity contribution is -0.136. The monoisotopic (exact) mass is 348 g/mol. The van der Waals surface area contributed by atoms with Crippen LogP contribution >= 0.6 is 0 Å². The molecule has 0 spiro atoms. The summed E-state index contributed by atoms with van der Waals surface area (Å²) in [5.74, 6) is 0.310. The lowest BCUT2D eigenvalue weighted by Gasteiger charge is -2.42. The Kier molecular flexibility index (Phi) is 5.35. The van der Waals surface area contributed by atoms with Crippen molar-refractivity contribution in [1.29, 1.82) is 0 Å². The molecule has 0 aromatic heterocycles. The van der Waals surface area contributed by atoms with Crippen molar-refractivity contribution in [2.75, 3.05) is 19.6 Å². The summed E-state index contributed by atoms with van der Waals surface area (Å²) < 4.78 is 0. The number of rotatable bonds is 6. The zero-order valence-electron chi connectivity index (χ0n) is 15.4. The van der Waals surface area contributed by atoms with E-state index in [2.05, 4.69) is 52.3 Å². The van der Waals surface area contributed by atoms with Crippen LogP contribution in [0.15, 0.2) is 60.7 Å². The summed E-state index contributed by atoms with van der Waals surface area (Å²) in [5, 5.41) is 0. The van der Waals surface area contributed by atoms with Gasteiger partial charge in [-0.25, -0.2) is 0 Å². The third kappa shape index (κ3) is 4.34. The molecule has 1 atom stereocenters. The van der Waals surface area contributed by atoms with Gasteiger partial charge in [0.2, 0.25) is 5.91 Å². The fourth-order valence-corrected chi connectivity index (χ4v) is 4.08. The molecule has 1 amide bonds. The Balaban J connectivity index is 1.42. The standard InChI is InChI=1S/C23H28N2O/c26-23(14-11-19-7-3-1-4-8-19)25-16-15-24(21-12-13-21)18-22(25)17-20-9-5-2-6-10-20/h1-10,21-22H,11-18H2. The lowest BCUT2D eigenvalue weighted by atomic mass is 10.0. The maximum atomic E-state index is 13.0. The zero-order valence-corrected chi connectivity index (χ0v) is 15.4. The molecule has 3 heteroatoms. The predicted octanol–water partition coefficient (Wildman–Crippen LogP) is 3.54. The van der Waals surface area contributed by atoms with Gasteiger partial charge in [-0.05, 0) is 36.8 Å². The second-order valence-electron chi connectivity index (χ2n) is 7.64. The summed E-state index contributed by atoms with van der Waals surface area (Å²) in [5.41, 5.74) is 2.58. The summed E-state index contributed by atoms with van der Waals surface area (Å²) in [7, 11) is 0. The van der Waals surface area contributed by atoms with Crippen molar-refractivity contribution in [1.82, 2.24) is 9.80 Å². The Bertz CT molecular complexity index is 712. The lowest BCUT2D eigenvalue weighted by Crippen LogP contribution is -2.56. The topological polar surface area (TPSA) is 23.6 Å². The predicted molar refractivity (Wildman–Crippen MR) is 105 cm³/mol. The third-order valence-electron chi connectivity index (χ3n) is 5.68. The van der Waals surface area contributed by atoms with Crippen molar-refractivity contribution in [2.45, 2.75) is 44.2 Å². The first-order valence-electron chi connectivity index (χ1n) is 9.91. The van der Waals surface area contributed by atoms with E-state index in [4.69, 9.17) is 0 Å². The average molecular weight is 348 g/mol. The van der Waals surface area contributed by atoms with Gasteiger partial charge < -0.3 is 4.90 Å². The van der Waals surface area contributed by atoms with Gasteiger partial charge in [0.15, 0.2) is 0 Å². The minimum absolute atomic E-state index is 0.301. The van der Waals surface area contributed by atoms with Crippen molar-refractivity contribution in [2.24, 2.45) is 0 Å². The normalized spacial score (nSPS) is 20.9. The molecule has 2 aliphatic rings. The van der Waals surface area contributed by atoms with Gasteiger partial charge in [0, 0.05) is 38.1 Å². The van der Waals surface area contributed by atoms with Gasteiger partial charge in [-0.15, -0.1) is 0 Å². The van der Waals surface area contributed by atoms with Gasteiger partial charge in [-0.2, -0.15) is 0 Å². The molecule has 1 unspecified atom stereocenters. The summed E-state index contributed by atoms with van der Waals surface area (Å²) in [6.45, 7) is 2.94. The molecule has 0 N–H and O–H groups in total. The van der Waals surface area contributed by atoms with E-state index in [0.717, 1.165) is 38.5 Å². The maximum absolute atomic E-state index is 13.0. The maximum Gasteiger partial charge on any atom is 0.223 e. The number of amides is 1. The Hall–Kier alpha value is -2.13. The van der Waals surface area contributed by atoms with E-state index in [1.54, 1.807) is 0 Å². The van der Waals surface area contributed by atoms with E-state index in [-0.39, 0.29) is 0 Å². The molecule has 2 fully saturated rings. The quantitative estimate of drug-likeness (QED) is 0.797. The number of piperazine rings is 1. The van der Waals surface area contributed by atoms with Crippen LogP contribution in [0.4, 0.5) is 0 Å². The molecule has 2 aromatic rings. The highest BCUT2D eigenvalue weighted by atomic mass is 16.2. The Labute approximate surface area is 156 Å². The highest BCUT2D eigenvalue weighted by molar-refractivity contribution is 5.77. The second kappa shape index (κ2) is 8.05. The van der Waals surface area contributed by atoms with Gasteiger partial charge in [0.1, 0.15) is 0 Å². The summed E-state index contributed by atoms with van der Waals surface area (Å²) in [6, 6.07) is 22.0. The second-order valence-corrected chi connectivity index (χ2v) is 7.64. The van der Waals surface area contributed by atoms with E-state index >= 15 is 0 Å². The van der Waals surface area contributed by atoms with Crippen molar-refractivity contribution >= 4 is 5.91 Å². The molecule has 1 aliphatic heterocycles. The average Bonchev–Trinajstić information content (AvgIpc) is 3.53. The molecule has 2 aromatic carbocycles. The minimum Gasteiger partial charge on any atom is -0.337 e. The fraction of sp³-hybridized carbons (Fsp3) is 0.435. The first kappa shape index (κ1) is 17.3. The number of carbonyl (C=O) groups is 1. The third-order valence-corrected chi connectivity index (χ3v) is 5.68. The molecular formula is C23H28N2O. The van der Waals surface area contributed by atoms with Crippen LogP contribution in [-0.4, -0.2) is 47.4 Å². The number of hydrogen-bond acceptors (Lipinski definition) is 2. The van der Waals surface area contributed by atoms with Gasteiger partial charge in [0.25, 0.3) is 0 Å². The molecule has 1 saturated heterocycles. The van der Waals surface area contributed by atoms with Gasteiger partial charge in [0.05, 0.1) is 0 Å². The highest BCUT2D eigenvalue weighted by Gasteiger charge is 2.36. The van der Waals surface area contributed by atoms with Crippen molar-refractivity contribution in [3.05, 3.63) is 71.8 Å². The molecule has 4 rings (SSSR count). The number of aryl methyl sites for hydroxylation is 1. The van der Waals surface area contributed by atoms with Crippen molar-refractivity contribution in [3.63, 3.8) is 0 Å². The first-order valence-corrected chi connectivity index (χ1v) is 9.91. The van der Waals surface area contributed by atoms with Crippen LogP contribution in [-0.2, 0) is 17.6 Å². The summed E-state index contributed by atoms with van der Waals surface area (Å²) in [6.07, 6.45) is 5.07. The molecule has 136 valence electrons. The van der Waals surface area contributed by atoms with E-state index in [1.165, 1.54) is 24.0 Å². The van der Waals surface area contributed by atoms with Crippen LogP contribution in [0.1, 0.15) is 30.4 Å². The zero-order chi connectivity index (χ0) is 17.8.